The van der Waals surface area contributed by atoms with Crippen molar-refractivity contribution in [2.75, 3.05) is 55.0 Å². The lowest BCUT2D eigenvalue weighted by atomic mass is 9.95. The van der Waals surface area contributed by atoms with Crippen molar-refractivity contribution in [3.63, 3.8) is 0 Å². The van der Waals surface area contributed by atoms with Gasteiger partial charge in [-0.25, -0.2) is 9.97 Å². The molecule has 160 valence electrons. The fourth-order valence-corrected chi connectivity index (χ4v) is 4.20. The molecule has 1 N–H and O–H groups in total. The van der Waals surface area contributed by atoms with Gasteiger partial charge in [0.1, 0.15) is 0 Å². The molecule has 0 aliphatic carbocycles. The molecule has 1 aromatic heterocycles. The standard InChI is InChI=1S/C23H32N6O/c1-27(2)20-7-5-18(6-8-20)15-24-22(30)19-9-13-28(14-10-19)21-16-25-23(26-17-21)29-11-3-4-12-29/h5-8,16-17,19H,3-4,9-15H2,1-2H3,(H,24,30). The van der Waals surface area contributed by atoms with Gasteiger partial charge in [-0.1, -0.05) is 12.1 Å². The summed E-state index contributed by atoms with van der Waals surface area (Å²) in [7, 11) is 4.05. The van der Waals surface area contributed by atoms with Crippen molar-refractivity contribution >= 4 is 23.2 Å². The second-order valence-corrected chi connectivity index (χ2v) is 8.48. The van der Waals surface area contributed by atoms with Crippen LogP contribution in [0.4, 0.5) is 17.3 Å². The first-order chi connectivity index (χ1) is 14.6. The van der Waals surface area contributed by atoms with Gasteiger partial charge in [-0.3, -0.25) is 4.79 Å². The van der Waals surface area contributed by atoms with Crippen LogP contribution in [0.3, 0.4) is 0 Å². The molecule has 30 heavy (non-hydrogen) atoms. The third-order valence-electron chi connectivity index (χ3n) is 6.16. The van der Waals surface area contributed by atoms with E-state index < -0.39 is 0 Å². The molecule has 2 aromatic rings. The number of anilines is 3. The normalized spacial score (nSPS) is 17.3. The third kappa shape index (κ3) is 4.83. The molecule has 7 heteroatoms. The minimum absolute atomic E-state index is 0.0760. The van der Waals surface area contributed by atoms with Gasteiger partial charge in [-0.15, -0.1) is 0 Å². The minimum Gasteiger partial charge on any atom is -0.378 e. The number of nitrogens with zero attached hydrogens (tertiary/aromatic N) is 5. The Kier molecular flexibility index (Phi) is 6.35. The Morgan fingerprint density at radius 2 is 1.63 bits per heavy atom. The average molecular weight is 409 g/mol. The molecule has 3 heterocycles. The summed E-state index contributed by atoms with van der Waals surface area (Å²) in [5.74, 6) is 1.07. The summed E-state index contributed by atoms with van der Waals surface area (Å²) < 4.78 is 0. The first-order valence-electron chi connectivity index (χ1n) is 11.0. The van der Waals surface area contributed by atoms with Crippen LogP contribution in [0.2, 0.25) is 0 Å². The summed E-state index contributed by atoms with van der Waals surface area (Å²) in [6.45, 7) is 4.42. The van der Waals surface area contributed by atoms with E-state index in [4.69, 9.17) is 0 Å². The zero-order chi connectivity index (χ0) is 20.9. The van der Waals surface area contributed by atoms with Gasteiger partial charge in [-0.2, -0.15) is 0 Å². The Morgan fingerprint density at radius 1 is 1.00 bits per heavy atom. The van der Waals surface area contributed by atoms with E-state index in [1.54, 1.807) is 0 Å². The second kappa shape index (κ2) is 9.32. The molecule has 0 atom stereocenters. The molecule has 0 spiro atoms. The van der Waals surface area contributed by atoms with Gasteiger partial charge in [0.05, 0.1) is 18.1 Å². The van der Waals surface area contributed by atoms with E-state index >= 15 is 0 Å². The molecule has 2 fully saturated rings. The quantitative estimate of drug-likeness (QED) is 0.793. The largest absolute Gasteiger partial charge is 0.378 e. The highest BCUT2D eigenvalue weighted by molar-refractivity contribution is 5.79. The van der Waals surface area contributed by atoms with Crippen molar-refractivity contribution < 1.29 is 4.79 Å². The van der Waals surface area contributed by atoms with Gasteiger partial charge in [0.15, 0.2) is 0 Å². The summed E-state index contributed by atoms with van der Waals surface area (Å²) in [5.41, 5.74) is 3.34. The highest BCUT2D eigenvalue weighted by atomic mass is 16.1. The Balaban J connectivity index is 1.24. The molecule has 1 aromatic carbocycles. The molecule has 4 rings (SSSR count). The number of nitrogens with one attached hydrogen (secondary N) is 1. The van der Waals surface area contributed by atoms with Crippen LogP contribution in [0, 0.1) is 5.92 Å². The Hall–Kier alpha value is -2.83. The monoisotopic (exact) mass is 408 g/mol. The fraction of sp³-hybridized carbons (Fsp3) is 0.522. The number of amides is 1. The molecule has 0 radical (unpaired) electrons. The van der Waals surface area contributed by atoms with Gasteiger partial charge in [-0.05, 0) is 43.4 Å². The van der Waals surface area contributed by atoms with Crippen LogP contribution in [0.15, 0.2) is 36.7 Å². The second-order valence-electron chi connectivity index (χ2n) is 8.48. The molecule has 0 unspecified atom stereocenters. The van der Waals surface area contributed by atoms with Crippen LogP contribution < -0.4 is 20.0 Å². The Bertz CT molecular complexity index is 822. The van der Waals surface area contributed by atoms with Gasteiger partial charge < -0.3 is 20.0 Å². The number of benzene rings is 1. The van der Waals surface area contributed by atoms with E-state index in [0.717, 1.165) is 61.9 Å². The smallest absolute Gasteiger partial charge is 0.225 e. The highest BCUT2D eigenvalue weighted by Gasteiger charge is 2.25. The molecular weight excluding hydrogens is 376 g/mol. The summed E-state index contributed by atoms with van der Waals surface area (Å²) in [6, 6.07) is 8.31. The van der Waals surface area contributed by atoms with Gasteiger partial charge >= 0.3 is 0 Å². The molecule has 2 aliphatic rings. The van der Waals surface area contributed by atoms with Gasteiger partial charge in [0, 0.05) is 58.4 Å². The summed E-state index contributed by atoms with van der Waals surface area (Å²) in [6.07, 6.45) is 8.03. The lowest BCUT2D eigenvalue weighted by Crippen LogP contribution is -2.40. The molecule has 1 amide bonds. The minimum atomic E-state index is 0.0760. The van der Waals surface area contributed by atoms with Crippen molar-refractivity contribution in [2.45, 2.75) is 32.2 Å². The van der Waals surface area contributed by atoms with Crippen molar-refractivity contribution in [2.24, 2.45) is 5.92 Å². The number of aromatic nitrogens is 2. The third-order valence-corrected chi connectivity index (χ3v) is 6.16. The Labute approximate surface area is 179 Å². The zero-order valence-electron chi connectivity index (χ0n) is 18.0. The number of piperidine rings is 1. The predicted octanol–water partition coefficient (Wildman–Crippen LogP) is 2.68. The maximum Gasteiger partial charge on any atom is 0.225 e. The average Bonchev–Trinajstić information content (AvgIpc) is 3.33. The summed E-state index contributed by atoms with van der Waals surface area (Å²) in [4.78, 5) is 28.3. The Morgan fingerprint density at radius 3 is 2.23 bits per heavy atom. The topological polar surface area (TPSA) is 64.6 Å². The van der Waals surface area contributed by atoms with Gasteiger partial charge in [0.2, 0.25) is 11.9 Å². The van der Waals surface area contributed by atoms with Crippen LogP contribution in [0.25, 0.3) is 0 Å². The first kappa shape index (κ1) is 20.4. The van der Waals surface area contributed by atoms with Crippen LogP contribution >= 0.6 is 0 Å². The van der Waals surface area contributed by atoms with E-state index in [1.807, 2.05) is 26.5 Å². The van der Waals surface area contributed by atoms with Crippen LogP contribution in [-0.2, 0) is 11.3 Å². The van der Waals surface area contributed by atoms with Crippen molar-refractivity contribution in [3.8, 4) is 0 Å². The van der Waals surface area contributed by atoms with E-state index in [2.05, 4.69) is 54.2 Å². The summed E-state index contributed by atoms with van der Waals surface area (Å²) in [5, 5.41) is 3.11. The van der Waals surface area contributed by atoms with E-state index in [1.165, 1.54) is 12.8 Å². The van der Waals surface area contributed by atoms with Crippen LogP contribution in [-0.4, -0.2) is 56.1 Å². The van der Waals surface area contributed by atoms with Gasteiger partial charge in [0.25, 0.3) is 0 Å². The number of carbonyl (C=O) groups is 1. The maximum atomic E-state index is 12.6. The molecule has 7 nitrogen and oxygen atoms in total. The fourth-order valence-electron chi connectivity index (χ4n) is 4.20. The van der Waals surface area contributed by atoms with E-state index in [-0.39, 0.29) is 11.8 Å². The van der Waals surface area contributed by atoms with Crippen molar-refractivity contribution in [1.29, 1.82) is 0 Å². The number of hydrogen-bond donors (Lipinski definition) is 1. The summed E-state index contributed by atoms with van der Waals surface area (Å²) >= 11 is 0. The number of rotatable bonds is 6. The predicted molar refractivity (Wildman–Crippen MR) is 121 cm³/mol. The molecule has 2 aliphatic heterocycles. The van der Waals surface area contributed by atoms with Crippen LogP contribution in [0.1, 0.15) is 31.2 Å². The first-order valence-corrected chi connectivity index (χ1v) is 11.0. The lowest BCUT2D eigenvalue weighted by molar-refractivity contribution is -0.125. The van der Waals surface area contributed by atoms with Crippen LogP contribution in [0.5, 0.6) is 0 Å². The molecule has 0 saturated carbocycles. The van der Waals surface area contributed by atoms with Crippen molar-refractivity contribution in [3.05, 3.63) is 42.2 Å². The molecule has 0 bridgehead atoms. The SMILES string of the molecule is CN(C)c1ccc(CNC(=O)C2CCN(c3cnc(N4CCCC4)nc3)CC2)cc1. The zero-order valence-corrected chi connectivity index (χ0v) is 18.0. The lowest BCUT2D eigenvalue weighted by Gasteiger charge is -2.32. The number of carbonyl (C=O) groups excluding carboxylic acids is 1. The number of hydrogen-bond acceptors (Lipinski definition) is 6. The molecule has 2 saturated heterocycles. The van der Waals surface area contributed by atoms with Crippen molar-refractivity contribution in [1.82, 2.24) is 15.3 Å². The molecular formula is C23H32N6O. The van der Waals surface area contributed by atoms with E-state index in [0.29, 0.717) is 6.54 Å². The highest BCUT2D eigenvalue weighted by Crippen LogP contribution is 2.24. The maximum absolute atomic E-state index is 12.6. The van der Waals surface area contributed by atoms with E-state index in [9.17, 15) is 4.79 Å².